The van der Waals surface area contributed by atoms with E-state index in [1.165, 1.54) is 5.56 Å². The Hall–Kier alpha value is -6.53. The van der Waals surface area contributed by atoms with Crippen molar-refractivity contribution in [2.45, 2.75) is 6.54 Å². The molecule has 0 aliphatic rings. The number of aromatic nitrogens is 4. The molecule has 2 aromatic heterocycles. The van der Waals surface area contributed by atoms with Crippen LogP contribution in [0, 0.1) is 0 Å². The van der Waals surface area contributed by atoms with E-state index in [9.17, 15) is 0 Å². The summed E-state index contributed by atoms with van der Waals surface area (Å²) in [6.45, 7) is 0.705. The zero-order chi connectivity index (χ0) is 32.4. The summed E-state index contributed by atoms with van der Waals surface area (Å²) in [5, 5.41) is 6.80. The lowest BCUT2D eigenvalue weighted by Gasteiger charge is -2.13. The second-order valence-electron chi connectivity index (χ2n) is 11.3. The Bertz CT molecular complexity index is 2000. The Labute approximate surface area is 280 Å². The molecule has 2 N–H and O–H groups in total. The van der Waals surface area contributed by atoms with Crippen molar-refractivity contribution in [1.82, 2.24) is 19.5 Å². The second kappa shape index (κ2) is 14.7. The molecular formula is C42H34N6. The molecule has 0 unspecified atom stereocenters. The van der Waals surface area contributed by atoms with Crippen molar-refractivity contribution in [3.63, 3.8) is 0 Å². The van der Waals surface area contributed by atoms with Crippen molar-refractivity contribution in [3.05, 3.63) is 186 Å². The van der Waals surface area contributed by atoms with Crippen LogP contribution in [0.3, 0.4) is 0 Å². The molecule has 0 radical (unpaired) electrons. The number of benzene rings is 5. The van der Waals surface area contributed by atoms with E-state index < -0.39 is 0 Å². The Morgan fingerprint density at radius 1 is 0.438 bits per heavy atom. The minimum Gasteiger partial charge on any atom is -0.341 e. The molecule has 0 bridgehead atoms. The quantitative estimate of drug-likeness (QED) is 0.141. The minimum absolute atomic E-state index is 0.449. The molecule has 0 aliphatic heterocycles. The van der Waals surface area contributed by atoms with Gasteiger partial charge in [-0.2, -0.15) is 15.0 Å². The van der Waals surface area contributed by atoms with Crippen LogP contribution < -0.4 is 10.6 Å². The van der Waals surface area contributed by atoms with Crippen LogP contribution in [0.5, 0.6) is 0 Å². The third-order valence-corrected chi connectivity index (χ3v) is 7.76. The van der Waals surface area contributed by atoms with Crippen LogP contribution in [0.25, 0.3) is 35.8 Å². The molecule has 0 spiro atoms. The third kappa shape index (κ3) is 8.00. The van der Waals surface area contributed by atoms with Gasteiger partial charge >= 0.3 is 0 Å². The van der Waals surface area contributed by atoms with Crippen LogP contribution in [0.1, 0.15) is 27.8 Å². The first-order valence-electron chi connectivity index (χ1n) is 15.9. The first-order valence-corrected chi connectivity index (χ1v) is 15.9. The predicted molar refractivity (Wildman–Crippen MR) is 199 cm³/mol. The average molecular weight is 623 g/mol. The molecule has 6 nitrogen and oxygen atoms in total. The molecule has 7 rings (SSSR count). The highest BCUT2D eigenvalue weighted by molar-refractivity contribution is 5.72. The summed E-state index contributed by atoms with van der Waals surface area (Å²) in [5.41, 5.74) is 8.38. The number of hydrogen-bond donors (Lipinski definition) is 2. The molecular weight excluding hydrogens is 589 g/mol. The lowest BCUT2D eigenvalue weighted by atomic mass is 10.1. The maximum absolute atomic E-state index is 4.86. The van der Waals surface area contributed by atoms with Crippen LogP contribution >= 0.6 is 0 Å². The van der Waals surface area contributed by atoms with Crippen LogP contribution in [0.15, 0.2) is 158 Å². The molecule has 0 fully saturated rings. The molecule has 2 heterocycles. The monoisotopic (exact) mass is 622 g/mol. The van der Waals surface area contributed by atoms with Gasteiger partial charge < -0.3 is 15.2 Å². The molecule has 48 heavy (non-hydrogen) atoms. The fourth-order valence-corrected chi connectivity index (χ4v) is 5.26. The zero-order valence-electron chi connectivity index (χ0n) is 26.3. The van der Waals surface area contributed by atoms with Gasteiger partial charge in [0.1, 0.15) is 0 Å². The smallest absolute Gasteiger partial charge is 0.232 e. The van der Waals surface area contributed by atoms with E-state index in [2.05, 4.69) is 118 Å². The zero-order valence-corrected chi connectivity index (χ0v) is 26.3. The van der Waals surface area contributed by atoms with Gasteiger partial charge in [0.2, 0.25) is 11.9 Å². The van der Waals surface area contributed by atoms with Crippen molar-refractivity contribution in [2.24, 2.45) is 0 Å². The van der Waals surface area contributed by atoms with Gasteiger partial charge in [-0.05, 0) is 64.2 Å². The molecule has 7 aromatic rings. The molecule has 0 aliphatic carbocycles. The van der Waals surface area contributed by atoms with Gasteiger partial charge in [-0.25, -0.2) is 0 Å². The van der Waals surface area contributed by atoms with Gasteiger partial charge in [-0.1, -0.05) is 140 Å². The van der Waals surface area contributed by atoms with Crippen molar-refractivity contribution in [3.8, 4) is 11.5 Å². The summed E-state index contributed by atoms with van der Waals surface area (Å²) < 4.78 is 2.15. The number of anilines is 4. The average Bonchev–Trinajstić information content (AvgIpc) is 3.60. The van der Waals surface area contributed by atoms with Crippen LogP contribution in [-0.4, -0.2) is 19.5 Å². The second-order valence-corrected chi connectivity index (χ2v) is 11.3. The highest BCUT2D eigenvalue weighted by Gasteiger charge is 2.13. The Morgan fingerprint density at radius 2 is 0.875 bits per heavy atom. The van der Waals surface area contributed by atoms with Gasteiger partial charge in [0.15, 0.2) is 5.82 Å². The Kier molecular flexibility index (Phi) is 9.24. The number of rotatable bonds is 11. The molecule has 0 saturated carbocycles. The van der Waals surface area contributed by atoms with E-state index in [1.807, 2.05) is 78.9 Å². The molecule has 232 valence electrons. The van der Waals surface area contributed by atoms with E-state index in [-0.39, 0.29) is 0 Å². The van der Waals surface area contributed by atoms with Crippen molar-refractivity contribution >= 4 is 47.6 Å². The maximum Gasteiger partial charge on any atom is 0.232 e. The number of nitrogens with zero attached hydrogens (tertiary/aromatic N) is 4. The van der Waals surface area contributed by atoms with Gasteiger partial charge in [-0.15, -0.1) is 0 Å². The molecule has 6 heteroatoms. The van der Waals surface area contributed by atoms with Crippen LogP contribution in [0.2, 0.25) is 0 Å². The standard InChI is InChI=1S/C42H34N6/c1-4-11-32(12-5-1)18-20-34-22-26-37(27-23-34)43-41-45-40(39-17-10-30-48(39)31-36-15-8-3-9-16-36)46-42(47-41)44-38-28-24-35(25-29-38)21-19-33-13-6-2-7-14-33/h1-30H,31H2,(H2,43,44,45,46,47)/b20-18+,21-19+. The van der Waals surface area contributed by atoms with Crippen molar-refractivity contribution in [1.29, 1.82) is 0 Å². The van der Waals surface area contributed by atoms with E-state index in [1.54, 1.807) is 0 Å². The largest absolute Gasteiger partial charge is 0.341 e. The van der Waals surface area contributed by atoms with Crippen molar-refractivity contribution in [2.75, 3.05) is 10.6 Å². The highest BCUT2D eigenvalue weighted by Crippen LogP contribution is 2.24. The lowest BCUT2D eigenvalue weighted by molar-refractivity contribution is 0.806. The first-order chi connectivity index (χ1) is 23.7. The maximum atomic E-state index is 4.86. The summed E-state index contributed by atoms with van der Waals surface area (Å²) in [7, 11) is 0. The molecule has 5 aromatic carbocycles. The van der Waals surface area contributed by atoms with Crippen LogP contribution in [0.4, 0.5) is 23.3 Å². The Balaban J connectivity index is 1.14. The fourth-order valence-electron chi connectivity index (χ4n) is 5.26. The molecule has 0 atom stereocenters. The van der Waals surface area contributed by atoms with Gasteiger partial charge in [0.05, 0.1) is 5.69 Å². The van der Waals surface area contributed by atoms with Gasteiger partial charge in [-0.3, -0.25) is 0 Å². The minimum atomic E-state index is 0.449. The van der Waals surface area contributed by atoms with Crippen molar-refractivity contribution < 1.29 is 0 Å². The lowest BCUT2D eigenvalue weighted by Crippen LogP contribution is -2.08. The van der Waals surface area contributed by atoms with E-state index in [0.29, 0.717) is 24.3 Å². The van der Waals surface area contributed by atoms with E-state index >= 15 is 0 Å². The summed E-state index contributed by atoms with van der Waals surface area (Å²) in [5.74, 6) is 1.47. The highest BCUT2D eigenvalue weighted by atomic mass is 15.2. The van der Waals surface area contributed by atoms with Gasteiger partial charge in [0.25, 0.3) is 0 Å². The summed E-state index contributed by atoms with van der Waals surface area (Å²) >= 11 is 0. The summed E-state index contributed by atoms with van der Waals surface area (Å²) in [4.78, 5) is 14.5. The van der Waals surface area contributed by atoms with Crippen LogP contribution in [-0.2, 0) is 6.54 Å². The normalized spacial score (nSPS) is 11.2. The Morgan fingerprint density at radius 3 is 1.35 bits per heavy atom. The predicted octanol–water partition coefficient (Wildman–Crippen LogP) is 10.2. The number of hydrogen-bond acceptors (Lipinski definition) is 5. The topological polar surface area (TPSA) is 67.7 Å². The first kappa shape index (κ1) is 30.1. The summed E-state index contributed by atoms with van der Waals surface area (Å²) in [6, 6.07) is 51.4. The molecule has 0 saturated heterocycles. The fraction of sp³-hybridized carbons (Fsp3) is 0.0238. The van der Waals surface area contributed by atoms with Gasteiger partial charge in [0, 0.05) is 24.1 Å². The SMILES string of the molecule is C(=C\c1ccc(Nc2nc(Nc3ccc(/C=C/c4ccccc4)cc3)nc(-c3cccn3Cc3ccccc3)n2)cc1)/c1ccccc1. The molecule has 0 amide bonds. The van der Waals surface area contributed by atoms with E-state index in [0.717, 1.165) is 39.3 Å². The van der Waals surface area contributed by atoms with E-state index in [4.69, 9.17) is 15.0 Å². The third-order valence-electron chi connectivity index (χ3n) is 7.76. The number of nitrogens with one attached hydrogen (secondary N) is 2. The summed E-state index contributed by atoms with van der Waals surface area (Å²) in [6.07, 6.45) is 10.5.